The van der Waals surface area contributed by atoms with E-state index in [4.69, 9.17) is 10.00 Å². The molecular weight excluding hydrogens is 584 g/mol. The predicted molar refractivity (Wildman–Crippen MR) is 143 cm³/mol. The zero-order valence-corrected chi connectivity index (χ0v) is 22.8. The van der Waals surface area contributed by atoms with Gasteiger partial charge < -0.3 is 20.3 Å². The van der Waals surface area contributed by atoms with Crippen LogP contribution in [0, 0.1) is 21.4 Å². The molecule has 2 aromatic carbocycles. The van der Waals surface area contributed by atoms with Gasteiger partial charge in [0, 0.05) is 42.6 Å². The van der Waals surface area contributed by atoms with Gasteiger partial charge in [-0.15, -0.1) is 0 Å². The number of piperidine rings is 1. The molecule has 1 amide bonds. The van der Waals surface area contributed by atoms with E-state index in [1.165, 1.54) is 12.1 Å². The second-order valence-electron chi connectivity index (χ2n) is 10.6. The molecule has 43 heavy (non-hydrogen) atoms. The number of anilines is 2. The lowest BCUT2D eigenvalue weighted by Gasteiger charge is -2.34. The van der Waals surface area contributed by atoms with Gasteiger partial charge in [-0.2, -0.15) is 31.6 Å². The van der Waals surface area contributed by atoms with Gasteiger partial charge in [0.1, 0.15) is 12.2 Å². The first-order chi connectivity index (χ1) is 20.2. The molecule has 1 saturated carbocycles. The maximum atomic E-state index is 13.3. The van der Waals surface area contributed by atoms with Crippen molar-refractivity contribution in [3.05, 3.63) is 63.2 Å². The number of nitrogens with one attached hydrogen (secondary N) is 2. The summed E-state index contributed by atoms with van der Waals surface area (Å²) in [6, 6.07) is 7.66. The number of hydrogen-bond acceptors (Lipinski definition) is 7. The average Bonchev–Trinajstić information content (AvgIpc) is 2.96. The Morgan fingerprint density at radius 1 is 0.953 bits per heavy atom. The van der Waals surface area contributed by atoms with Gasteiger partial charge >= 0.3 is 12.4 Å². The fourth-order valence-corrected chi connectivity index (χ4v) is 5.43. The smallest absolute Gasteiger partial charge is 0.382 e. The van der Waals surface area contributed by atoms with Crippen LogP contribution >= 0.6 is 0 Å². The lowest BCUT2D eigenvalue weighted by Crippen LogP contribution is -2.46. The third-order valence-electron chi connectivity index (χ3n) is 7.65. The van der Waals surface area contributed by atoms with E-state index in [1.807, 2.05) is 0 Å². The molecule has 2 aliphatic rings. The molecule has 1 aliphatic carbocycles. The van der Waals surface area contributed by atoms with Crippen molar-refractivity contribution >= 4 is 23.0 Å². The summed E-state index contributed by atoms with van der Waals surface area (Å²) >= 11 is 0. The molecule has 2 N–H and O–H groups in total. The third kappa shape index (κ3) is 8.28. The number of amides is 1. The summed E-state index contributed by atoms with van der Waals surface area (Å²) in [7, 11) is 0. The van der Waals surface area contributed by atoms with Crippen molar-refractivity contribution in [1.29, 1.82) is 5.26 Å². The van der Waals surface area contributed by atoms with Crippen LogP contribution < -0.4 is 15.5 Å². The van der Waals surface area contributed by atoms with Gasteiger partial charge in [-0.1, -0.05) is 0 Å². The second kappa shape index (κ2) is 13.1. The van der Waals surface area contributed by atoms with Gasteiger partial charge in [-0.05, 0) is 68.9 Å². The number of carbonyl (C=O) groups excluding carboxylic acids is 1. The van der Waals surface area contributed by atoms with Crippen LogP contribution in [0.25, 0.3) is 0 Å². The number of ether oxygens (including phenoxy) is 1. The Morgan fingerprint density at radius 2 is 1.60 bits per heavy atom. The Morgan fingerprint density at radius 3 is 2.19 bits per heavy atom. The molecule has 2 aromatic rings. The number of halogens is 6. The fraction of sp³-hybridized carbons (Fsp3) is 0.500. The van der Waals surface area contributed by atoms with Crippen LogP contribution in [0.5, 0.6) is 0 Å². The first-order valence-corrected chi connectivity index (χ1v) is 13.6. The van der Waals surface area contributed by atoms with E-state index >= 15 is 0 Å². The minimum atomic E-state index is -4.87. The van der Waals surface area contributed by atoms with Crippen molar-refractivity contribution in [3.8, 4) is 6.07 Å². The number of carbonyl (C=O) groups is 1. The Balaban J connectivity index is 1.19. The summed E-state index contributed by atoms with van der Waals surface area (Å²) in [6.07, 6.45) is -6.44. The van der Waals surface area contributed by atoms with Crippen molar-refractivity contribution in [2.75, 3.05) is 29.9 Å². The molecule has 1 heterocycles. The van der Waals surface area contributed by atoms with E-state index in [0.29, 0.717) is 57.3 Å². The summed E-state index contributed by atoms with van der Waals surface area (Å²) in [4.78, 5) is 24.1. The van der Waals surface area contributed by atoms with Gasteiger partial charge in [-0.3, -0.25) is 14.9 Å². The lowest BCUT2D eigenvalue weighted by atomic mass is 9.92. The zero-order valence-electron chi connectivity index (χ0n) is 22.8. The molecule has 0 radical (unpaired) electrons. The van der Waals surface area contributed by atoms with Gasteiger partial charge in [0.05, 0.1) is 28.2 Å². The predicted octanol–water partition coefficient (Wildman–Crippen LogP) is 6.03. The van der Waals surface area contributed by atoms with Gasteiger partial charge in [-0.25, -0.2) is 0 Å². The molecule has 9 nitrogen and oxygen atoms in total. The van der Waals surface area contributed by atoms with E-state index in [-0.39, 0.29) is 36.4 Å². The fourth-order valence-electron chi connectivity index (χ4n) is 5.43. The summed E-state index contributed by atoms with van der Waals surface area (Å²) in [5.41, 5.74) is -3.25. The molecule has 0 aromatic heterocycles. The maximum Gasteiger partial charge on any atom is 0.423 e. The van der Waals surface area contributed by atoms with E-state index in [1.54, 1.807) is 11.0 Å². The zero-order chi connectivity index (χ0) is 31.4. The van der Waals surface area contributed by atoms with Crippen LogP contribution in [0.15, 0.2) is 36.4 Å². The van der Waals surface area contributed by atoms with Gasteiger partial charge in [0.2, 0.25) is 5.91 Å². The van der Waals surface area contributed by atoms with E-state index in [2.05, 4.69) is 10.6 Å². The molecule has 1 aliphatic heterocycles. The monoisotopic (exact) mass is 613 g/mol. The summed E-state index contributed by atoms with van der Waals surface area (Å²) < 4.78 is 85.4. The first kappa shape index (κ1) is 31.9. The average molecular weight is 614 g/mol. The van der Waals surface area contributed by atoms with Crippen molar-refractivity contribution in [2.45, 2.75) is 69.1 Å². The van der Waals surface area contributed by atoms with Crippen LogP contribution in [0.1, 0.15) is 55.2 Å². The Hall–Kier alpha value is -4.06. The number of benzene rings is 2. The Kier molecular flexibility index (Phi) is 9.69. The first-order valence-electron chi connectivity index (χ1n) is 13.6. The van der Waals surface area contributed by atoms with Crippen LogP contribution in [0.2, 0.25) is 0 Å². The standard InChI is InChI=1S/C28H29F6N5O4/c29-27(30,31)23-14-21(5-1-17(23)15-35)38-11-9-19(10-12-38)37-26(40)16-43-22-6-2-18(3-7-22)36-20-4-8-25(39(41)42)24(13-20)28(32,33)34/h1,4-5,8,13-14,18-19,22,36H,2-3,6-7,9-12,16H2,(H,37,40). The number of nitriles is 1. The van der Waals surface area contributed by atoms with Crippen molar-refractivity contribution in [3.63, 3.8) is 0 Å². The minimum absolute atomic E-state index is 0.132. The van der Waals surface area contributed by atoms with E-state index in [0.717, 1.165) is 24.3 Å². The largest absolute Gasteiger partial charge is 0.423 e. The topological polar surface area (TPSA) is 121 Å². The normalized spacial score (nSPS) is 19.9. The molecule has 1 saturated heterocycles. The molecule has 2 fully saturated rings. The molecule has 232 valence electrons. The van der Waals surface area contributed by atoms with Gasteiger partial charge in [0.25, 0.3) is 5.69 Å². The van der Waals surface area contributed by atoms with E-state index < -0.39 is 39.7 Å². The van der Waals surface area contributed by atoms with Crippen LogP contribution in [-0.4, -0.2) is 48.7 Å². The number of rotatable bonds is 8. The Bertz CT molecular complexity index is 1360. The van der Waals surface area contributed by atoms with Crippen LogP contribution in [0.4, 0.5) is 43.4 Å². The van der Waals surface area contributed by atoms with E-state index in [9.17, 15) is 41.3 Å². The van der Waals surface area contributed by atoms with Crippen LogP contribution in [-0.2, 0) is 21.9 Å². The van der Waals surface area contributed by atoms with Crippen LogP contribution in [0.3, 0.4) is 0 Å². The van der Waals surface area contributed by atoms with Crippen molar-refractivity contribution in [1.82, 2.24) is 5.32 Å². The number of alkyl halides is 6. The highest BCUT2D eigenvalue weighted by Crippen LogP contribution is 2.38. The molecule has 15 heteroatoms. The minimum Gasteiger partial charge on any atom is -0.382 e. The third-order valence-corrected chi connectivity index (χ3v) is 7.65. The molecule has 0 spiro atoms. The molecule has 4 rings (SSSR count). The lowest BCUT2D eigenvalue weighted by molar-refractivity contribution is -0.388. The van der Waals surface area contributed by atoms with Gasteiger partial charge in [0.15, 0.2) is 0 Å². The Labute approximate surface area is 242 Å². The highest BCUT2D eigenvalue weighted by molar-refractivity contribution is 5.77. The molecular formula is C28H29F6N5O4. The van der Waals surface area contributed by atoms with Crippen molar-refractivity contribution < 1.29 is 40.8 Å². The second-order valence-corrected chi connectivity index (χ2v) is 10.6. The summed E-state index contributed by atoms with van der Waals surface area (Å²) in [5, 5.41) is 25.8. The van der Waals surface area contributed by atoms with Crippen molar-refractivity contribution in [2.24, 2.45) is 0 Å². The SMILES string of the molecule is N#Cc1ccc(N2CCC(NC(=O)COC3CCC(Nc4ccc([N+](=O)[O-])c(C(F)(F)F)c4)CC3)CC2)cc1C(F)(F)F. The maximum absolute atomic E-state index is 13.3. The molecule has 0 atom stereocenters. The summed E-state index contributed by atoms with van der Waals surface area (Å²) in [5.74, 6) is -0.318. The number of nitrogens with zero attached hydrogens (tertiary/aromatic N) is 3. The highest BCUT2D eigenvalue weighted by Gasteiger charge is 2.39. The quantitative estimate of drug-likeness (QED) is 0.212. The molecule has 0 unspecified atom stereocenters. The number of hydrogen-bond donors (Lipinski definition) is 2. The summed E-state index contributed by atoms with van der Waals surface area (Å²) in [6.45, 7) is 0.668. The highest BCUT2D eigenvalue weighted by atomic mass is 19.4. The number of nitro groups is 1. The molecule has 0 bridgehead atoms. The number of nitro benzene ring substituents is 1.